The van der Waals surface area contributed by atoms with E-state index in [0.717, 1.165) is 23.1 Å². The summed E-state index contributed by atoms with van der Waals surface area (Å²) < 4.78 is 23.5. The van der Waals surface area contributed by atoms with Crippen molar-refractivity contribution < 1.29 is 33.6 Å². The molecule has 0 aliphatic carbocycles. The molecule has 56 heavy (non-hydrogen) atoms. The summed E-state index contributed by atoms with van der Waals surface area (Å²) in [6.45, 7) is 20.6. The van der Waals surface area contributed by atoms with Crippen LogP contribution in [0.2, 0.25) is 10.0 Å². The van der Waals surface area contributed by atoms with Gasteiger partial charge in [-0.25, -0.2) is 0 Å². The van der Waals surface area contributed by atoms with Crippen LogP contribution in [0.1, 0.15) is 98.4 Å². The SMILES string of the molecule is CC.CCc1ccc(Oc2ccc(Cl)cc2)cc1C1=C(O)C(C)(C)OC(C)(C)C1=O.CCc1ccc(Oc2cccc(Cl)c2)cc1C1=CC(C)OC(C)(C)C1=O. The Morgan fingerprint density at radius 1 is 0.643 bits per heavy atom. The third-order valence-electron chi connectivity index (χ3n) is 9.33. The number of Topliss-reactive ketones (excluding diaryl/α,β-unsaturated/α-hetero) is 2. The van der Waals surface area contributed by atoms with E-state index in [2.05, 4.69) is 6.92 Å². The van der Waals surface area contributed by atoms with Crippen molar-refractivity contribution >= 4 is 45.9 Å². The maximum Gasteiger partial charge on any atom is 0.198 e. The highest BCUT2D eigenvalue weighted by Crippen LogP contribution is 2.42. The number of ketones is 2. The molecule has 0 saturated heterocycles. The molecule has 0 spiro atoms. The number of aliphatic hydroxyl groups excluding tert-OH is 1. The number of benzene rings is 4. The molecule has 1 N–H and O–H groups in total. The lowest BCUT2D eigenvalue weighted by Gasteiger charge is -2.40. The molecule has 0 radical (unpaired) electrons. The zero-order chi connectivity index (χ0) is 41.6. The third-order valence-corrected chi connectivity index (χ3v) is 9.82. The Morgan fingerprint density at radius 3 is 1.73 bits per heavy atom. The van der Waals surface area contributed by atoms with Crippen LogP contribution in [0.3, 0.4) is 0 Å². The van der Waals surface area contributed by atoms with Gasteiger partial charge in [-0.2, -0.15) is 0 Å². The minimum absolute atomic E-state index is 0.00907. The Labute approximate surface area is 342 Å². The molecule has 4 aromatic rings. The molecular formula is C47H54Cl2O7. The van der Waals surface area contributed by atoms with Crippen molar-refractivity contribution in [1.29, 1.82) is 0 Å². The predicted octanol–water partition coefficient (Wildman–Crippen LogP) is 13.0. The second-order valence-electron chi connectivity index (χ2n) is 14.9. The maximum absolute atomic E-state index is 13.1. The monoisotopic (exact) mass is 800 g/mol. The molecule has 2 heterocycles. The number of hydrogen-bond donors (Lipinski definition) is 1. The van der Waals surface area contributed by atoms with Crippen LogP contribution in [0.4, 0.5) is 0 Å². The van der Waals surface area contributed by atoms with Gasteiger partial charge in [0.15, 0.2) is 11.6 Å². The summed E-state index contributed by atoms with van der Waals surface area (Å²) >= 11 is 12.0. The summed E-state index contributed by atoms with van der Waals surface area (Å²) in [7, 11) is 0. The lowest BCUT2D eigenvalue weighted by atomic mass is 9.81. The smallest absolute Gasteiger partial charge is 0.198 e. The van der Waals surface area contributed by atoms with Gasteiger partial charge in [-0.05, 0) is 156 Å². The first-order chi connectivity index (χ1) is 26.3. The van der Waals surface area contributed by atoms with Crippen molar-refractivity contribution in [2.45, 2.75) is 112 Å². The third kappa shape index (κ3) is 10.3. The molecular weight excluding hydrogens is 747 g/mol. The molecule has 298 valence electrons. The van der Waals surface area contributed by atoms with Gasteiger partial charge in [0, 0.05) is 15.6 Å². The number of carbonyl (C=O) groups is 2. The average molecular weight is 802 g/mol. The fourth-order valence-corrected chi connectivity index (χ4v) is 7.04. The topological polar surface area (TPSA) is 91.3 Å². The summed E-state index contributed by atoms with van der Waals surface area (Å²) in [5, 5.41) is 12.1. The van der Waals surface area contributed by atoms with E-state index in [4.69, 9.17) is 42.1 Å². The van der Waals surface area contributed by atoms with Gasteiger partial charge in [0.25, 0.3) is 0 Å². The molecule has 1 unspecified atom stereocenters. The fraction of sp³-hybridized carbons (Fsp3) is 0.362. The number of rotatable bonds is 8. The highest BCUT2D eigenvalue weighted by atomic mass is 35.5. The first-order valence-corrected chi connectivity index (χ1v) is 19.9. The molecule has 2 aliphatic heterocycles. The van der Waals surface area contributed by atoms with Gasteiger partial charge in [0.05, 0.1) is 11.7 Å². The van der Waals surface area contributed by atoms with Gasteiger partial charge in [-0.1, -0.05) is 69.1 Å². The number of ether oxygens (including phenoxy) is 4. The molecule has 0 amide bonds. The summed E-state index contributed by atoms with van der Waals surface area (Å²) in [5.74, 6) is 2.23. The highest BCUT2D eigenvalue weighted by molar-refractivity contribution is 6.31. The summed E-state index contributed by atoms with van der Waals surface area (Å²) in [6.07, 6.45) is 3.31. The van der Waals surface area contributed by atoms with Gasteiger partial charge in [0.1, 0.15) is 45.6 Å². The first-order valence-electron chi connectivity index (χ1n) is 19.1. The second kappa shape index (κ2) is 18.2. The normalized spacial score (nSPS) is 18.2. The number of hydrogen-bond acceptors (Lipinski definition) is 7. The van der Waals surface area contributed by atoms with E-state index >= 15 is 0 Å². The van der Waals surface area contributed by atoms with Gasteiger partial charge in [-0.15, -0.1) is 0 Å². The van der Waals surface area contributed by atoms with Crippen LogP contribution in [-0.4, -0.2) is 39.6 Å². The van der Waals surface area contributed by atoms with Crippen LogP contribution in [0, 0.1) is 0 Å². The Kier molecular flexibility index (Phi) is 14.4. The van der Waals surface area contributed by atoms with Crippen LogP contribution in [0.15, 0.2) is 96.8 Å². The molecule has 6 rings (SSSR count). The Hall–Kier alpha value is -4.40. The molecule has 0 saturated carbocycles. The average Bonchev–Trinajstić information content (AvgIpc) is 3.14. The van der Waals surface area contributed by atoms with Gasteiger partial charge in [-0.3, -0.25) is 9.59 Å². The predicted molar refractivity (Wildman–Crippen MR) is 227 cm³/mol. The molecule has 0 fully saturated rings. The lowest BCUT2D eigenvalue weighted by Crippen LogP contribution is -2.49. The van der Waals surface area contributed by atoms with Gasteiger partial charge in [0.2, 0.25) is 0 Å². The Balaban J connectivity index is 0.000000239. The lowest BCUT2D eigenvalue weighted by molar-refractivity contribution is -0.158. The van der Waals surface area contributed by atoms with E-state index < -0.39 is 16.8 Å². The van der Waals surface area contributed by atoms with Crippen LogP contribution in [0.5, 0.6) is 23.0 Å². The van der Waals surface area contributed by atoms with Crippen molar-refractivity contribution in [3.8, 4) is 23.0 Å². The molecule has 0 aromatic heterocycles. The van der Waals surface area contributed by atoms with Crippen molar-refractivity contribution in [2.24, 2.45) is 0 Å². The van der Waals surface area contributed by atoms with E-state index in [1.165, 1.54) is 0 Å². The quantitative estimate of drug-likeness (QED) is 0.190. The maximum atomic E-state index is 13.1. The van der Waals surface area contributed by atoms with Crippen molar-refractivity contribution in [3.05, 3.63) is 129 Å². The summed E-state index contributed by atoms with van der Waals surface area (Å²) in [5.41, 5.74) is 1.77. The van der Waals surface area contributed by atoms with E-state index in [-0.39, 0.29) is 23.4 Å². The van der Waals surface area contributed by atoms with Gasteiger partial charge >= 0.3 is 0 Å². The Bertz CT molecular complexity index is 2110. The second-order valence-corrected chi connectivity index (χ2v) is 15.8. The van der Waals surface area contributed by atoms with E-state index in [0.29, 0.717) is 56.2 Å². The molecule has 2 aliphatic rings. The molecule has 9 heteroatoms. The molecule has 7 nitrogen and oxygen atoms in total. The number of aliphatic hydroxyl groups is 1. The van der Waals surface area contributed by atoms with Crippen molar-refractivity contribution in [1.82, 2.24) is 0 Å². The van der Waals surface area contributed by atoms with Crippen LogP contribution < -0.4 is 9.47 Å². The van der Waals surface area contributed by atoms with Crippen LogP contribution in [-0.2, 0) is 31.9 Å². The Morgan fingerprint density at radius 2 is 1.16 bits per heavy atom. The zero-order valence-electron chi connectivity index (χ0n) is 34.3. The van der Waals surface area contributed by atoms with E-state index in [1.54, 1.807) is 70.2 Å². The highest BCUT2D eigenvalue weighted by Gasteiger charge is 2.47. The molecule has 1 atom stereocenters. The van der Waals surface area contributed by atoms with Crippen molar-refractivity contribution in [3.63, 3.8) is 0 Å². The molecule has 4 aromatic carbocycles. The number of halogens is 2. The number of carbonyl (C=O) groups excluding carboxylic acids is 2. The van der Waals surface area contributed by atoms with Gasteiger partial charge < -0.3 is 24.1 Å². The summed E-state index contributed by atoms with van der Waals surface area (Å²) in [4.78, 5) is 26.0. The molecule has 0 bridgehead atoms. The zero-order valence-corrected chi connectivity index (χ0v) is 35.8. The summed E-state index contributed by atoms with van der Waals surface area (Å²) in [6, 6.07) is 25.7. The fourth-order valence-electron chi connectivity index (χ4n) is 6.73. The standard InChI is InChI=1S/C23H25ClO4.C22H23ClO3.C2H6/c1-6-14-7-10-17(27-16-11-8-15(24)9-12-16)13-18(14)19-20(25)22(2,3)28-23(4,5)21(19)26;1-5-15-9-10-18(25-17-8-6-7-16(23)12-17)13-19(15)20-11-14(2)26-22(3,4)21(20)24;1-2/h7-13,25H,6H2,1-5H3;6-14H,5H2,1-4H3;1-2H3. The van der Waals surface area contributed by atoms with Crippen molar-refractivity contribution in [2.75, 3.05) is 0 Å². The number of aryl methyl sites for hydroxylation is 2. The largest absolute Gasteiger partial charge is 0.508 e. The van der Waals surface area contributed by atoms with E-state index in [9.17, 15) is 14.7 Å². The minimum Gasteiger partial charge on any atom is -0.508 e. The van der Waals surface area contributed by atoms with E-state index in [1.807, 2.05) is 90.1 Å². The van der Waals surface area contributed by atoms with Crippen LogP contribution >= 0.6 is 23.2 Å². The van der Waals surface area contributed by atoms with Crippen LogP contribution in [0.25, 0.3) is 11.1 Å². The first kappa shape index (κ1) is 44.3. The minimum atomic E-state index is -1.04.